The van der Waals surface area contributed by atoms with Crippen LogP contribution in [0.1, 0.15) is 0 Å². The number of hydrogen-bond donors (Lipinski definition) is 2. The van der Waals surface area contributed by atoms with Crippen LogP contribution in [0.4, 0.5) is 0 Å². The SMILES string of the molecule is Oc1c(-c2ccc(-c3ccccc3)cc2)cc2ccccc2c1-c1c(O)c(-c2ccc(-c3ccccc3)cc2)cc2ccccc12. The Labute approximate surface area is 268 Å². The van der Waals surface area contributed by atoms with Crippen LogP contribution >= 0.6 is 0 Å². The summed E-state index contributed by atoms with van der Waals surface area (Å²) in [4.78, 5) is 0. The summed E-state index contributed by atoms with van der Waals surface area (Å²) in [6.45, 7) is 0. The smallest absolute Gasteiger partial charge is 0.132 e. The highest BCUT2D eigenvalue weighted by Gasteiger charge is 2.23. The van der Waals surface area contributed by atoms with Crippen LogP contribution in [0.25, 0.3) is 77.2 Å². The molecule has 0 fully saturated rings. The second-order valence-corrected chi connectivity index (χ2v) is 11.6. The van der Waals surface area contributed by atoms with E-state index in [0.717, 1.165) is 66.1 Å². The average Bonchev–Trinajstić information content (AvgIpc) is 3.13. The van der Waals surface area contributed by atoms with Crippen molar-refractivity contribution >= 4 is 21.5 Å². The van der Waals surface area contributed by atoms with Crippen molar-refractivity contribution in [3.63, 3.8) is 0 Å². The van der Waals surface area contributed by atoms with Crippen molar-refractivity contribution in [3.8, 4) is 67.1 Å². The summed E-state index contributed by atoms with van der Waals surface area (Å²) >= 11 is 0. The van der Waals surface area contributed by atoms with E-state index in [2.05, 4.69) is 84.9 Å². The fourth-order valence-corrected chi connectivity index (χ4v) is 6.57. The van der Waals surface area contributed by atoms with Crippen molar-refractivity contribution in [2.75, 3.05) is 0 Å². The maximum absolute atomic E-state index is 12.2. The Hall–Kier alpha value is -6.12. The molecule has 0 saturated heterocycles. The van der Waals surface area contributed by atoms with E-state index in [1.807, 2.05) is 84.9 Å². The van der Waals surface area contributed by atoms with Gasteiger partial charge in [-0.1, -0.05) is 158 Å². The third kappa shape index (κ3) is 4.77. The van der Waals surface area contributed by atoms with Crippen LogP contribution in [0.2, 0.25) is 0 Å². The molecule has 0 unspecified atom stereocenters. The lowest BCUT2D eigenvalue weighted by atomic mass is 9.86. The van der Waals surface area contributed by atoms with E-state index in [9.17, 15) is 10.2 Å². The van der Waals surface area contributed by atoms with Crippen molar-refractivity contribution in [1.29, 1.82) is 0 Å². The summed E-state index contributed by atoms with van der Waals surface area (Å²) < 4.78 is 0. The Kier molecular flexibility index (Phi) is 6.81. The summed E-state index contributed by atoms with van der Waals surface area (Å²) in [6.07, 6.45) is 0. The number of rotatable bonds is 5. The van der Waals surface area contributed by atoms with Gasteiger partial charge in [-0.3, -0.25) is 0 Å². The lowest BCUT2D eigenvalue weighted by molar-refractivity contribution is 0.472. The maximum Gasteiger partial charge on any atom is 0.132 e. The van der Waals surface area contributed by atoms with Gasteiger partial charge >= 0.3 is 0 Å². The van der Waals surface area contributed by atoms with Gasteiger partial charge in [0.25, 0.3) is 0 Å². The molecule has 218 valence electrons. The first kappa shape index (κ1) is 27.4. The van der Waals surface area contributed by atoms with Crippen LogP contribution in [0.3, 0.4) is 0 Å². The molecule has 0 spiro atoms. The third-order valence-corrected chi connectivity index (χ3v) is 8.90. The Bertz CT molecular complexity index is 2170. The number of phenolic OH excluding ortho intramolecular Hbond substituents is 2. The zero-order valence-electron chi connectivity index (χ0n) is 25.1. The van der Waals surface area contributed by atoms with Crippen molar-refractivity contribution in [2.24, 2.45) is 0 Å². The van der Waals surface area contributed by atoms with Gasteiger partial charge in [-0.15, -0.1) is 0 Å². The molecule has 2 N–H and O–H groups in total. The summed E-state index contributed by atoms with van der Waals surface area (Å²) in [5, 5.41) is 28.1. The molecule has 0 heterocycles. The van der Waals surface area contributed by atoms with Crippen LogP contribution in [-0.4, -0.2) is 10.2 Å². The lowest BCUT2D eigenvalue weighted by Gasteiger charge is -2.19. The molecule has 0 amide bonds. The highest BCUT2D eigenvalue weighted by atomic mass is 16.3. The van der Waals surface area contributed by atoms with Gasteiger partial charge in [0.1, 0.15) is 11.5 Å². The predicted octanol–water partition coefficient (Wildman–Crippen LogP) is 11.7. The minimum atomic E-state index is 0.142. The first-order valence-corrected chi connectivity index (χ1v) is 15.5. The zero-order valence-corrected chi connectivity index (χ0v) is 25.1. The summed E-state index contributed by atoms with van der Waals surface area (Å²) in [5.74, 6) is 0.284. The van der Waals surface area contributed by atoms with E-state index >= 15 is 0 Å². The maximum atomic E-state index is 12.2. The fourth-order valence-electron chi connectivity index (χ4n) is 6.57. The second-order valence-electron chi connectivity index (χ2n) is 11.6. The first-order valence-electron chi connectivity index (χ1n) is 15.5. The van der Waals surface area contributed by atoms with Crippen LogP contribution in [0.5, 0.6) is 11.5 Å². The van der Waals surface area contributed by atoms with Gasteiger partial charge in [-0.2, -0.15) is 0 Å². The molecule has 2 heteroatoms. The molecule has 0 aromatic heterocycles. The van der Waals surface area contributed by atoms with Gasteiger partial charge in [0.15, 0.2) is 0 Å². The standard InChI is InChI=1S/C44H30O2/c45-43-39(33-23-19-31(20-24-33)29-11-3-1-4-12-29)27-35-15-7-9-17-37(35)41(43)42-38-18-10-8-16-36(38)28-40(44(42)46)34-25-21-32(22-26-34)30-13-5-2-6-14-30/h1-28,45-46H. The third-order valence-electron chi connectivity index (χ3n) is 8.90. The minimum absolute atomic E-state index is 0.142. The summed E-state index contributed by atoms with van der Waals surface area (Å²) in [7, 11) is 0. The second kappa shape index (κ2) is 11.4. The van der Waals surface area contributed by atoms with Gasteiger partial charge in [0, 0.05) is 22.3 Å². The van der Waals surface area contributed by atoms with E-state index in [-0.39, 0.29) is 11.5 Å². The van der Waals surface area contributed by atoms with Gasteiger partial charge in [0.2, 0.25) is 0 Å². The molecule has 46 heavy (non-hydrogen) atoms. The van der Waals surface area contributed by atoms with Crippen LogP contribution < -0.4 is 0 Å². The van der Waals surface area contributed by atoms with Gasteiger partial charge in [-0.05, 0) is 67.1 Å². The number of benzene rings is 8. The quantitative estimate of drug-likeness (QED) is 0.209. The molecule has 0 bridgehead atoms. The van der Waals surface area contributed by atoms with Gasteiger partial charge in [-0.25, -0.2) is 0 Å². The molecule has 0 aliphatic carbocycles. The topological polar surface area (TPSA) is 40.5 Å². The van der Waals surface area contributed by atoms with Crippen molar-refractivity contribution < 1.29 is 10.2 Å². The molecular formula is C44H30O2. The fraction of sp³-hybridized carbons (Fsp3) is 0. The molecule has 8 aromatic rings. The van der Waals surface area contributed by atoms with Crippen molar-refractivity contribution in [3.05, 3.63) is 170 Å². The van der Waals surface area contributed by atoms with Crippen LogP contribution in [0, 0.1) is 0 Å². The van der Waals surface area contributed by atoms with Crippen molar-refractivity contribution in [2.45, 2.75) is 0 Å². The van der Waals surface area contributed by atoms with E-state index in [4.69, 9.17) is 0 Å². The number of fused-ring (bicyclic) bond motifs is 2. The largest absolute Gasteiger partial charge is 0.507 e. The lowest BCUT2D eigenvalue weighted by Crippen LogP contribution is -1.92. The van der Waals surface area contributed by atoms with Gasteiger partial charge in [0.05, 0.1) is 0 Å². The Morgan fingerprint density at radius 1 is 0.283 bits per heavy atom. The Morgan fingerprint density at radius 2 is 0.587 bits per heavy atom. The molecule has 0 radical (unpaired) electrons. The number of phenols is 2. The molecule has 8 rings (SSSR count). The molecule has 0 atom stereocenters. The predicted molar refractivity (Wildman–Crippen MR) is 192 cm³/mol. The molecule has 0 aliphatic rings. The average molecular weight is 591 g/mol. The Morgan fingerprint density at radius 3 is 0.978 bits per heavy atom. The van der Waals surface area contributed by atoms with Gasteiger partial charge < -0.3 is 10.2 Å². The molecule has 0 aliphatic heterocycles. The highest BCUT2D eigenvalue weighted by Crippen LogP contribution is 2.51. The Balaban J connectivity index is 1.34. The van der Waals surface area contributed by atoms with E-state index in [1.54, 1.807) is 0 Å². The normalized spacial score (nSPS) is 11.2. The summed E-state index contributed by atoms with van der Waals surface area (Å²) in [6, 6.07) is 57.3. The molecule has 8 aromatic carbocycles. The van der Waals surface area contributed by atoms with Crippen LogP contribution in [-0.2, 0) is 0 Å². The van der Waals surface area contributed by atoms with E-state index in [0.29, 0.717) is 11.1 Å². The van der Waals surface area contributed by atoms with E-state index in [1.165, 1.54) is 0 Å². The first-order chi connectivity index (χ1) is 22.7. The number of aromatic hydroxyl groups is 2. The van der Waals surface area contributed by atoms with E-state index < -0.39 is 0 Å². The highest BCUT2D eigenvalue weighted by molar-refractivity contribution is 6.14. The van der Waals surface area contributed by atoms with Crippen LogP contribution in [0.15, 0.2) is 170 Å². The summed E-state index contributed by atoms with van der Waals surface area (Å²) in [5.41, 5.74) is 8.99. The minimum Gasteiger partial charge on any atom is -0.507 e. The number of hydrogen-bond acceptors (Lipinski definition) is 2. The molecular weight excluding hydrogens is 560 g/mol. The molecule has 2 nitrogen and oxygen atoms in total. The van der Waals surface area contributed by atoms with Crippen molar-refractivity contribution in [1.82, 2.24) is 0 Å². The zero-order chi connectivity index (χ0) is 31.0. The monoisotopic (exact) mass is 590 g/mol. The molecule has 0 saturated carbocycles.